The van der Waals surface area contributed by atoms with Crippen molar-refractivity contribution in [2.24, 2.45) is 11.3 Å². The quantitative estimate of drug-likeness (QED) is 0.600. The van der Waals surface area contributed by atoms with Gasteiger partial charge in [-0.1, -0.05) is 42.5 Å². The monoisotopic (exact) mass is 255 g/mol. The minimum atomic E-state index is -0.554. The number of benzene rings is 1. The van der Waals surface area contributed by atoms with Crippen molar-refractivity contribution in [2.75, 3.05) is 7.05 Å². The van der Waals surface area contributed by atoms with E-state index in [1.165, 1.54) is 4.90 Å². The number of fused-ring (bicyclic) bond motifs is 1. The second-order valence-electron chi connectivity index (χ2n) is 5.48. The Morgan fingerprint density at radius 2 is 1.95 bits per heavy atom. The fraction of sp³-hybridized carbons (Fsp3) is 0.375. The lowest BCUT2D eigenvalue weighted by Gasteiger charge is -2.32. The van der Waals surface area contributed by atoms with E-state index in [2.05, 4.69) is 0 Å². The molecule has 0 radical (unpaired) electrons. The second-order valence-corrected chi connectivity index (χ2v) is 5.48. The van der Waals surface area contributed by atoms with Crippen LogP contribution in [0.5, 0.6) is 0 Å². The van der Waals surface area contributed by atoms with Crippen molar-refractivity contribution >= 4 is 11.8 Å². The molecule has 1 heterocycles. The Morgan fingerprint density at radius 3 is 2.68 bits per heavy atom. The van der Waals surface area contributed by atoms with Gasteiger partial charge < -0.3 is 0 Å². The lowest BCUT2D eigenvalue weighted by molar-refractivity contribution is -0.139. The molecule has 2 amide bonds. The van der Waals surface area contributed by atoms with Crippen molar-refractivity contribution in [1.29, 1.82) is 0 Å². The van der Waals surface area contributed by atoms with Gasteiger partial charge in [0.05, 0.1) is 11.3 Å². The molecule has 2 atom stereocenters. The number of rotatable bonds is 2. The molecule has 1 aromatic carbocycles. The molecule has 3 nitrogen and oxygen atoms in total. The molecular weight excluding hydrogens is 238 g/mol. The van der Waals surface area contributed by atoms with Gasteiger partial charge in [0.1, 0.15) is 0 Å². The van der Waals surface area contributed by atoms with Crippen molar-refractivity contribution in [2.45, 2.75) is 19.3 Å². The molecule has 0 bridgehead atoms. The Morgan fingerprint density at radius 1 is 1.21 bits per heavy atom. The van der Waals surface area contributed by atoms with Crippen LogP contribution in [0.25, 0.3) is 0 Å². The normalized spacial score (nSPS) is 29.7. The van der Waals surface area contributed by atoms with E-state index >= 15 is 0 Å². The maximum Gasteiger partial charge on any atom is 0.236 e. The van der Waals surface area contributed by atoms with E-state index in [1.54, 1.807) is 7.05 Å². The third-order valence-corrected chi connectivity index (χ3v) is 4.41. The number of likely N-dealkylation sites (tertiary alicyclic amines) is 1. The lowest BCUT2D eigenvalue weighted by atomic mass is 9.67. The molecule has 0 N–H and O–H groups in total. The van der Waals surface area contributed by atoms with Gasteiger partial charge in [-0.05, 0) is 24.8 Å². The topological polar surface area (TPSA) is 37.4 Å². The largest absolute Gasteiger partial charge is 0.285 e. The van der Waals surface area contributed by atoms with Gasteiger partial charge in [0.15, 0.2) is 0 Å². The van der Waals surface area contributed by atoms with Crippen LogP contribution in [0.15, 0.2) is 42.5 Å². The van der Waals surface area contributed by atoms with E-state index in [1.807, 2.05) is 42.5 Å². The maximum absolute atomic E-state index is 12.5. The molecule has 1 aliphatic heterocycles. The van der Waals surface area contributed by atoms with Crippen LogP contribution in [-0.4, -0.2) is 23.8 Å². The highest BCUT2D eigenvalue weighted by atomic mass is 16.2. The maximum atomic E-state index is 12.5. The van der Waals surface area contributed by atoms with Crippen LogP contribution < -0.4 is 0 Å². The van der Waals surface area contributed by atoms with Crippen molar-refractivity contribution < 1.29 is 9.59 Å². The molecule has 3 heteroatoms. The average Bonchev–Trinajstić information content (AvgIpc) is 2.63. The molecule has 0 spiro atoms. The third-order valence-electron chi connectivity index (χ3n) is 4.41. The summed E-state index contributed by atoms with van der Waals surface area (Å²) in [6.45, 7) is 0. The fourth-order valence-corrected chi connectivity index (χ4v) is 3.37. The van der Waals surface area contributed by atoms with Crippen LogP contribution in [0.3, 0.4) is 0 Å². The predicted octanol–water partition coefficient (Wildman–Crippen LogP) is 2.18. The minimum Gasteiger partial charge on any atom is -0.285 e. The number of amides is 2. The van der Waals surface area contributed by atoms with Gasteiger partial charge in [-0.2, -0.15) is 0 Å². The first-order valence-corrected chi connectivity index (χ1v) is 6.66. The Hall–Kier alpha value is -1.90. The Labute approximate surface area is 112 Å². The summed E-state index contributed by atoms with van der Waals surface area (Å²) in [6, 6.07) is 9.98. The first-order valence-electron chi connectivity index (χ1n) is 6.66. The Bertz CT molecular complexity index is 549. The van der Waals surface area contributed by atoms with Gasteiger partial charge in [0.2, 0.25) is 11.8 Å². The zero-order valence-electron chi connectivity index (χ0n) is 11.0. The Balaban J connectivity index is 2.01. The number of hydrogen-bond acceptors (Lipinski definition) is 2. The van der Waals surface area contributed by atoms with Gasteiger partial charge in [-0.3, -0.25) is 14.5 Å². The molecule has 1 fully saturated rings. The van der Waals surface area contributed by atoms with Gasteiger partial charge in [-0.15, -0.1) is 0 Å². The predicted molar refractivity (Wildman–Crippen MR) is 72.2 cm³/mol. The summed E-state index contributed by atoms with van der Waals surface area (Å²) in [7, 11) is 1.61. The molecular formula is C16H17NO2. The summed E-state index contributed by atoms with van der Waals surface area (Å²) in [6.07, 6.45) is 6.07. The molecule has 19 heavy (non-hydrogen) atoms. The summed E-state index contributed by atoms with van der Waals surface area (Å²) in [4.78, 5) is 26.1. The van der Waals surface area contributed by atoms with Gasteiger partial charge in [0.25, 0.3) is 0 Å². The van der Waals surface area contributed by atoms with E-state index in [9.17, 15) is 9.59 Å². The lowest BCUT2D eigenvalue weighted by Crippen LogP contribution is -2.38. The molecule has 1 saturated heterocycles. The molecule has 1 aliphatic carbocycles. The third kappa shape index (κ3) is 1.72. The highest BCUT2D eigenvalue weighted by Gasteiger charge is 2.57. The van der Waals surface area contributed by atoms with E-state index in [-0.39, 0.29) is 17.7 Å². The van der Waals surface area contributed by atoms with Gasteiger partial charge in [-0.25, -0.2) is 0 Å². The molecule has 98 valence electrons. The van der Waals surface area contributed by atoms with Crippen LogP contribution in [0.1, 0.15) is 18.4 Å². The van der Waals surface area contributed by atoms with E-state index in [0.717, 1.165) is 5.56 Å². The summed E-state index contributed by atoms with van der Waals surface area (Å²) in [5.41, 5.74) is 0.571. The number of carbonyl (C=O) groups excluding carboxylic acids is 2. The van der Waals surface area contributed by atoms with Crippen molar-refractivity contribution in [3.63, 3.8) is 0 Å². The van der Waals surface area contributed by atoms with E-state index < -0.39 is 5.41 Å². The fourth-order valence-electron chi connectivity index (χ4n) is 3.37. The molecule has 1 aromatic rings. The zero-order chi connectivity index (χ0) is 13.5. The molecule has 0 unspecified atom stereocenters. The van der Waals surface area contributed by atoms with Gasteiger partial charge >= 0.3 is 0 Å². The molecule has 0 aromatic heterocycles. The standard InChI is InChI=1S/C16H17NO2/c1-17-14(18)13-9-5-6-10-16(13,15(17)19)11-12-7-3-2-4-8-12/h2-8,13H,9-11H2,1H3/t13-,16+/m0/s1. The molecule has 3 rings (SSSR count). The van der Waals surface area contributed by atoms with Crippen LogP contribution >= 0.6 is 0 Å². The van der Waals surface area contributed by atoms with Crippen LogP contribution in [-0.2, 0) is 16.0 Å². The van der Waals surface area contributed by atoms with E-state index in [0.29, 0.717) is 19.3 Å². The Kier molecular flexibility index (Phi) is 2.77. The van der Waals surface area contributed by atoms with Crippen LogP contribution in [0.4, 0.5) is 0 Å². The SMILES string of the molecule is CN1C(=O)[C@@H]2CC=CC[C@]2(Cc2ccccc2)C1=O. The van der Waals surface area contributed by atoms with Crippen molar-refractivity contribution in [3.8, 4) is 0 Å². The summed E-state index contributed by atoms with van der Waals surface area (Å²) in [5.74, 6) is -0.226. The van der Waals surface area contributed by atoms with Crippen LogP contribution in [0.2, 0.25) is 0 Å². The zero-order valence-corrected chi connectivity index (χ0v) is 11.0. The van der Waals surface area contributed by atoms with Crippen molar-refractivity contribution in [1.82, 2.24) is 4.90 Å². The minimum absolute atomic E-state index is 0.0179. The molecule has 0 saturated carbocycles. The molecule has 2 aliphatic rings. The first-order chi connectivity index (χ1) is 9.15. The van der Waals surface area contributed by atoms with E-state index in [4.69, 9.17) is 0 Å². The summed E-state index contributed by atoms with van der Waals surface area (Å²) < 4.78 is 0. The number of nitrogens with zero attached hydrogens (tertiary/aromatic N) is 1. The summed E-state index contributed by atoms with van der Waals surface area (Å²) >= 11 is 0. The number of imide groups is 1. The first kappa shape index (κ1) is 12.2. The number of allylic oxidation sites excluding steroid dienone is 2. The summed E-state index contributed by atoms with van der Waals surface area (Å²) in [5, 5.41) is 0. The van der Waals surface area contributed by atoms with Gasteiger partial charge in [0, 0.05) is 7.05 Å². The second kappa shape index (κ2) is 4.34. The number of hydrogen-bond donors (Lipinski definition) is 0. The number of carbonyl (C=O) groups is 2. The smallest absolute Gasteiger partial charge is 0.236 e. The van der Waals surface area contributed by atoms with Crippen molar-refractivity contribution in [3.05, 3.63) is 48.0 Å². The average molecular weight is 255 g/mol. The van der Waals surface area contributed by atoms with Crippen LogP contribution in [0, 0.1) is 11.3 Å². The highest BCUT2D eigenvalue weighted by molar-refractivity contribution is 6.07. The highest BCUT2D eigenvalue weighted by Crippen LogP contribution is 2.47.